The zero-order valence-electron chi connectivity index (χ0n) is 18.3. The zero-order valence-corrected chi connectivity index (χ0v) is 19.1. The topological polar surface area (TPSA) is 60.9 Å². The molecular formula is C24H31N3O3S. The average Bonchev–Trinajstić information content (AvgIpc) is 2.81. The Balaban J connectivity index is 1.39. The number of hydrogen-bond donors (Lipinski definition) is 0. The van der Waals surface area contributed by atoms with Gasteiger partial charge in [0.25, 0.3) is 0 Å². The molecule has 0 unspecified atom stereocenters. The largest absolute Gasteiger partial charge is 0.368 e. The van der Waals surface area contributed by atoms with Gasteiger partial charge >= 0.3 is 0 Å². The van der Waals surface area contributed by atoms with Gasteiger partial charge in [0.05, 0.1) is 10.8 Å². The van der Waals surface area contributed by atoms with Crippen molar-refractivity contribution in [2.75, 3.05) is 44.2 Å². The smallest absolute Gasteiger partial charge is 0.243 e. The van der Waals surface area contributed by atoms with Crippen LogP contribution in [0.25, 0.3) is 0 Å². The van der Waals surface area contributed by atoms with Gasteiger partial charge in [0.1, 0.15) is 0 Å². The SMILES string of the molecule is Cc1cccc(N2CCN(C(=O)[C@H]3CCCN(S(=O)(=O)c4ccccc4)C3)CC2)c1C. The molecular weight excluding hydrogens is 410 g/mol. The predicted octanol–water partition coefficient (Wildman–Crippen LogP) is 3.05. The van der Waals surface area contributed by atoms with Crippen LogP contribution in [0.3, 0.4) is 0 Å². The van der Waals surface area contributed by atoms with Crippen molar-refractivity contribution < 1.29 is 13.2 Å². The molecule has 2 fully saturated rings. The van der Waals surface area contributed by atoms with Crippen LogP contribution >= 0.6 is 0 Å². The predicted molar refractivity (Wildman–Crippen MR) is 123 cm³/mol. The number of anilines is 1. The van der Waals surface area contributed by atoms with Crippen LogP contribution < -0.4 is 4.90 Å². The van der Waals surface area contributed by atoms with Crippen LogP contribution in [-0.2, 0) is 14.8 Å². The highest BCUT2D eigenvalue weighted by Crippen LogP contribution is 2.27. The summed E-state index contributed by atoms with van der Waals surface area (Å²) in [5.74, 6) is -0.173. The minimum absolute atomic E-state index is 0.0913. The highest BCUT2D eigenvalue weighted by molar-refractivity contribution is 7.89. The number of carbonyl (C=O) groups excluding carboxylic acids is 1. The summed E-state index contributed by atoms with van der Waals surface area (Å²) in [4.78, 5) is 17.8. The Labute approximate surface area is 185 Å². The quantitative estimate of drug-likeness (QED) is 0.732. The average molecular weight is 442 g/mol. The molecule has 166 valence electrons. The van der Waals surface area contributed by atoms with E-state index >= 15 is 0 Å². The maximum absolute atomic E-state index is 13.2. The minimum Gasteiger partial charge on any atom is -0.368 e. The second kappa shape index (κ2) is 9.01. The number of rotatable bonds is 4. The normalized spacial score (nSPS) is 20.6. The van der Waals surface area contributed by atoms with Crippen molar-refractivity contribution in [1.82, 2.24) is 9.21 Å². The number of aryl methyl sites for hydroxylation is 1. The van der Waals surface area contributed by atoms with Crippen molar-refractivity contribution in [3.63, 3.8) is 0 Å². The van der Waals surface area contributed by atoms with E-state index in [9.17, 15) is 13.2 Å². The third-order valence-electron chi connectivity index (χ3n) is 6.62. The highest BCUT2D eigenvalue weighted by Gasteiger charge is 2.35. The summed E-state index contributed by atoms with van der Waals surface area (Å²) in [7, 11) is -3.56. The maximum atomic E-state index is 13.2. The summed E-state index contributed by atoms with van der Waals surface area (Å²) in [6.45, 7) is 7.96. The molecule has 0 aromatic heterocycles. The Bertz CT molecular complexity index is 1030. The van der Waals surface area contributed by atoms with E-state index in [1.54, 1.807) is 30.3 Å². The number of hydrogen-bond acceptors (Lipinski definition) is 4. The fourth-order valence-electron chi connectivity index (χ4n) is 4.61. The third-order valence-corrected chi connectivity index (χ3v) is 8.50. The van der Waals surface area contributed by atoms with Crippen molar-refractivity contribution in [2.45, 2.75) is 31.6 Å². The molecule has 2 aromatic carbocycles. The Hall–Kier alpha value is -2.38. The lowest BCUT2D eigenvalue weighted by molar-refractivity contribution is -0.137. The molecule has 2 saturated heterocycles. The van der Waals surface area contributed by atoms with Crippen LogP contribution in [0.5, 0.6) is 0 Å². The van der Waals surface area contributed by atoms with Gasteiger partial charge in [0.2, 0.25) is 15.9 Å². The molecule has 1 amide bonds. The van der Waals surface area contributed by atoms with E-state index in [0.29, 0.717) is 31.0 Å². The summed E-state index contributed by atoms with van der Waals surface area (Å²) >= 11 is 0. The van der Waals surface area contributed by atoms with Gasteiger partial charge in [-0.3, -0.25) is 4.79 Å². The van der Waals surface area contributed by atoms with Crippen molar-refractivity contribution in [2.24, 2.45) is 5.92 Å². The van der Waals surface area contributed by atoms with Gasteiger partial charge in [-0.05, 0) is 56.0 Å². The van der Waals surface area contributed by atoms with Gasteiger partial charge in [-0.2, -0.15) is 4.31 Å². The maximum Gasteiger partial charge on any atom is 0.243 e. The molecule has 0 saturated carbocycles. The fraction of sp³-hybridized carbons (Fsp3) is 0.458. The van der Waals surface area contributed by atoms with Crippen LogP contribution in [0.2, 0.25) is 0 Å². The molecule has 0 bridgehead atoms. The van der Waals surface area contributed by atoms with E-state index in [0.717, 1.165) is 19.5 Å². The Morgan fingerprint density at radius 3 is 2.32 bits per heavy atom. The molecule has 6 nitrogen and oxygen atoms in total. The van der Waals surface area contributed by atoms with Gasteiger partial charge < -0.3 is 9.80 Å². The van der Waals surface area contributed by atoms with Crippen LogP contribution in [0.15, 0.2) is 53.4 Å². The first kappa shape index (κ1) is 21.8. The Morgan fingerprint density at radius 1 is 0.903 bits per heavy atom. The van der Waals surface area contributed by atoms with Crippen molar-refractivity contribution in [3.05, 3.63) is 59.7 Å². The van der Waals surface area contributed by atoms with Crippen LogP contribution in [0, 0.1) is 19.8 Å². The third kappa shape index (κ3) is 4.48. The summed E-state index contributed by atoms with van der Waals surface area (Å²) in [6.07, 6.45) is 1.46. The molecule has 2 aromatic rings. The number of amides is 1. The fourth-order valence-corrected chi connectivity index (χ4v) is 6.15. The molecule has 2 aliphatic rings. The van der Waals surface area contributed by atoms with Crippen LogP contribution in [-0.4, -0.2) is 62.8 Å². The second-order valence-corrected chi connectivity index (χ2v) is 10.5. The van der Waals surface area contributed by atoms with Crippen molar-refractivity contribution in [1.29, 1.82) is 0 Å². The molecule has 7 heteroatoms. The lowest BCUT2D eigenvalue weighted by Gasteiger charge is -2.40. The van der Waals surface area contributed by atoms with Crippen LogP contribution in [0.4, 0.5) is 5.69 Å². The van der Waals surface area contributed by atoms with Crippen molar-refractivity contribution in [3.8, 4) is 0 Å². The number of piperazine rings is 1. The van der Waals surface area contributed by atoms with Gasteiger partial charge in [-0.15, -0.1) is 0 Å². The molecule has 4 rings (SSSR count). The zero-order chi connectivity index (χ0) is 22.0. The number of benzene rings is 2. The second-order valence-electron chi connectivity index (χ2n) is 8.55. The van der Waals surface area contributed by atoms with Gasteiger partial charge in [0, 0.05) is 45.0 Å². The van der Waals surface area contributed by atoms with Gasteiger partial charge in [-0.1, -0.05) is 30.3 Å². The monoisotopic (exact) mass is 441 g/mol. The lowest BCUT2D eigenvalue weighted by Crippen LogP contribution is -2.53. The number of piperidine rings is 1. The Kier molecular flexibility index (Phi) is 6.34. The summed E-state index contributed by atoms with van der Waals surface area (Å²) in [5, 5.41) is 0. The standard InChI is InChI=1S/C24H31N3O3S/c1-19-8-6-12-23(20(19)2)25-14-16-26(17-15-25)24(28)21-9-7-13-27(18-21)31(29,30)22-10-4-3-5-11-22/h3-6,8,10-12,21H,7,9,13-18H2,1-2H3/t21-/m0/s1. The molecule has 1 atom stereocenters. The molecule has 0 spiro atoms. The van der Waals surface area contributed by atoms with E-state index in [4.69, 9.17) is 0 Å². The number of nitrogens with zero attached hydrogens (tertiary/aromatic N) is 3. The first-order chi connectivity index (χ1) is 14.9. The molecule has 2 aliphatic heterocycles. The first-order valence-corrected chi connectivity index (χ1v) is 12.5. The van der Waals surface area contributed by atoms with Gasteiger partial charge in [0.15, 0.2) is 0 Å². The molecule has 2 heterocycles. The minimum atomic E-state index is -3.56. The van der Waals surface area contributed by atoms with E-state index in [1.807, 2.05) is 4.90 Å². The highest BCUT2D eigenvalue weighted by atomic mass is 32.2. The molecule has 0 radical (unpaired) electrons. The van der Waals surface area contributed by atoms with Crippen LogP contribution in [0.1, 0.15) is 24.0 Å². The summed E-state index contributed by atoms with van der Waals surface area (Å²) in [6, 6.07) is 14.9. The number of sulfonamides is 1. The first-order valence-electron chi connectivity index (χ1n) is 11.0. The van der Waals surface area contributed by atoms with E-state index in [2.05, 4.69) is 36.9 Å². The molecule has 0 aliphatic carbocycles. The molecule has 31 heavy (non-hydrogen) atoms. The number of carbonyl (C=O) groups is 1. The van der Waals surface area contributed by atoms with E-state index in [-0.39, 0.29) is 18.4 Å². The van der Waals surface area contributed by atoms with E-state index < -0.39 is 10.0 Å². The van der Waals surface area contributed by atoms with E-state index in [1.165, 1.54) is 21.1 Å². The van der Waals surface area contributed by atoms with Gasteiger partial charge in [-0.25, -0.2) is 8.42 Å². The Morgan fingerprint density at radius 2 is 1.61 bits per heavy atom. The summed E-state index contributed by atoms with van der Waals surface area (Å²) in [5.41, 5.74) is 3.80. The van der Waals surface area contributed by atoms with Crippen molar-refractivity contribution >= 4 is 21.6 Å². The molecule has 0 N–H and O–H groups in total. The summed E-state index contributed by atoms with van der Waals surface area (Å²) < 4.78 is 27.5. The lowest BCUT2D eigenvalue weighted by atomic mass is 9.97.